The standard InChI is InChI=1S/C14H22N2O/c1-2-17-14(9-15)11-16-8-7-12-5-3-4-6-13(12)10-16/h3-6,14H,2,7-11,15H2,1H3. The molecular formula is C14H22N2O. The first-order valence-corrected chi connectivity index (χ1v) is 6.44. The monoisotopic (exact) mass is 234 g/mol. The number of nitrogens with two attached hydrogens (primary N) is 1. The fraction of sp³-hybridized carbons (Fsp3) is 0.571. The van der Waals surface area contributed by atoms with Crippen LogP contribution in [0.4, 0.5) is 0 Å². The highest BCUT2D eigenvalue weighted by Crippen LogP contribution is 2.18. The topological polar surface area (TPSA) is 38.5 Å². The minimum Gasteiger partial charge on any atom is -0.376 e. The molecule has 1 aromatic rings. The number of rotatable bonds is 5. The predicted octanol–water partition coefficient (Wildman–Crippen LogP) is 1.41. The maximum Gasteiger partial charge on any atom is 0.0823 e. The zero-order valence-corrected chi connectivity index (χ0v) is 10.6. The van der Waals surface area contributed by atoms with Gasteiger partial charge in [-0.3, -0.25) is 4.90 Å². The van der Waals surface area contributed by atoms with Crippen molar-refractivity contribution >= 4 is 0 Å². The number of hydrogen-bond donors (Lipinski definition) is 1. The molecule has 1 heterocycles. The quantitative estimate of drug-likeness (QED) is 0.837. The van der Waals surface area contributed by atoms with Crippen LogP contribution >= 0.6 is 0 Å². The van der Waals surface area contributed by atoms with Crippen LogP contribution in [0.3, 0.4) is 0 Å². The minimum absolute atomic E-state index is 0.172. The van der Waals surface area contributed by atoms with Gasteiger partial charge in [0.15, 0.2) is 0 Å². The first-order chi connectivity index (χ1) is 8.33. The summed E-state index contributed by atoms with van der Waals surface area (Å²) in [6.45, 7) is 6.45. The minimum atomic E-state index is 0.172. The van der Waals surface area contributed by atoms with Crippen LogP contribution < -0.4 is 5.73 Å². The number of benzene rings is 1. The first-order valence-electron chi connectivity index (χ1n) is 6.44. The molecule has 1 aliphatic heterocycles. The molecule has 1 aromatic carbocycles. The maximum atomic E-state index is 5.72. The highest BCUT2D eigenvalue weighted by molar-refractivity contribution is 5.29. The van der Waals surface area contributed by atoms with E-state index >= 15 is 0 Å². The Balaban J connectivity index is 1.93. The lowest BCUT2D eigenvalue weighted by Gasteiger charge is -2.31. The summed E-state index contributed by atoms with van der Waals surface area (Å²) in [7, 11) is 0. The van der Waals surface area contributed by atoms with E-state index in [4.69, 9.17) is 10.5 Å². The lowest BCUT2D eigenvalue weighted by Crippen LogP contribution is -2.40. The molecule has 0 fully saturated rings. The Morgan fingerprint density at radius 2 is 2.12 bits per heavy atom. The average molecular weight is 234 g/mol. The molecular weight excluding hydrogens is 212 g/mol. The SMILES string of the molecule is CCOC(CN)CN1CCc2ccccc2C1. The fourth-order valence-electron chi connectivity index (χ4n) is 2.43. The molecule has 3 nitrogen and oxygen atoms in total. The van der Waals surface area contributed by atoms with Gasteiger partial charge in [0, 0.05) is 32.8 Å². The Kier molecular flexibility index (Phi) is 4.54. The highest BCUT2D eigenvalue weighted by Gasteiger charge is 2.18. The second-order valence-corrected chi connectivity index (χ2v) is 4.57. The third-order valence-electron chi connectivity index (χ3n) is 3.34. The van der Waals surface area contributed by atoms with Crippen molar-refractivity contribution < 1.29 is 4.74 Å². The lowest BCUT2D eigenvalue weighted by atomic mass is 10.00. The van der Waals surface area contributed by atoms with E-state index in [1.54, 1.807) is 0 Å². The number of ether oxygens (including phenoxy) is 1. The van der Waals surface area contributed by atoms with Gasteiger partial charge in [0.25, 0.3) is 0 Å². The van der Waals surface area contributed by atoms with Gasteiger partial charge in [-0.25, -0.2) is 0 Å². The molecule has 0 radical (unpaired) electrons. The number of hydrogen-bond acceptors (Lipinski definition) is 3. The van der Waals surface area contributed by atoms with E-state index in [1.165, 1.54) is 11.1 Å². The normalized spacial score (nSPS) is 17.8. The van der Waals surface area contributed by atoms with E-state index in [2.05, 4.69) is 29.2 Å². The molecule has 1 atom stereocenters. The third kappa shape index (κ3) is 3.28. The Morgan fingerprint density at radius 3 is 2.82 bits per heavy atom. The van der Waals surface area contributed by atoms with Gasteiger partial charge in [-0.1, -0.05) is 24.3 Å². The van der Waals surface area contributed by atoms with Crippen LogP contribution in [0.1, 0.15) is 18.1 Å². The molecule has 1 aliphatic rings. The molecule has 0 bridgehead atoms. The van der Waals surface area contributed by atoms with Crippen molar-refractivity contribution in [2.75, 3.05) is 26.2 Å². The van der Waals surface area contributed by atoms with E-state index in [1.807, 2.05) is 6.92 Å². The first kappa shape index (κ1) is 12.6. The molecule has 0 saturated heterocycles. The Labute approximate surface area is 104 Å². The zero-order valence-electron chi connectivity index (χ0n) is 10.6. The van der Waals surface area contributed by atoms with Crippen molar-refractivity contribution in [3.63, 3.8) is 0 Å². The zero-order chi connectivity index (χ0) is 12.1. The van der Waals surface area contributed by atoms with Crippen molar-refractivity contribution in [1.82, 2.24) is 4.90 Å². The van der Waals surface area contributed by atoms with Crippen molar-refractivity contribution in [2.24, 2.45) is 5.73 Å². The second-order valence-electron chi connectivity index (χ2n) is 4.57. The molecule has 17 heavy (non-hydrogen) atoms. The average Bonchev–Trinajstić information content (AvgIpc) is 2.38. The van der Waals surface area contributed by atoms with Crippen molar-refractivity contribution in [2.45, 2.75) is 26.0 Å². The van der Waals surface area contributed by atoms with Crippen LogP contribution in [-0.4, -0.2) is 37.2 Å². The van der Waals surface area contributed by atoms with Crippen molar-refractivity contribution in [3.8, 4) is 0 Å². The van der Waals surface area contributed by atoms with E-state index in [-0.39, 0.29) is 6.10 Å². The fourth-order valence-corrected chi connectivity index (χ4v) is 2.43. The van der Waals surface area contributed by atoms with Crippen LogP contribution in [0, 0.1) is 0 Å². The maximum absolute atomic E-state index is 5.72. The Morgan fingerprint density at radius 1 is 1.35 bits per heavy atom. The summed E-state index contributed by atoms with van der Waals surface area (Å²) in [5.74, 6) is 0. The molecule has 0 aromatic heterocycles. The summed E-state index contributed by atoms with van der Waals surface area (Å²) >= 11 is 0. The van der Waals surface area contributed by atoms with Gasteiger partial charge >= 0.3 is 0 Å². The predicted molar refractivity (Wildman–Crippen MR) is 69.9 cm³/mol. The molecule has 0 amide bonds. The smallest absolute Gasteiger partial charge is 0.0823 e. The van der Waals surface area contributed by atoms with Crippen LogP contribution in [0.15, 0.2) is 24.3 Å². The van der Waals surface area contributed by atoms with Gasteiger partial charge in [-0.15, -0.1) is 0 Å². The van der Waals surface area contributed by atoms with Gasteiger partial charge in [0.05, 0.1) is 6.10 Å². The lowest BCUT2D eigenvalue weighted by molar-refractivity contribution is 0.0358. The summed E-state index contributed by atoms with van der Waals surface area (Å²) in [4.78, 5) is 2.44. The molecule has 0 aliphatic carbocycles. The summed E-state index contributed by atoms with van der Waals surface area (Å²) in [5.41, 5.74) is 8.66. The van der Waals surface area contributed by atoms with Crippen molar-refractivity contribution in [1.29, 1.82) is 0 Å². The molecule has 94 valence electrons. The van der Waals surface area contributed by atoms with Crippen LogP contribution in [0.5, 0.6) is 0 Å². The summed E-state index contributed by atoms with van der Waals surface area (Å²) in [5, 5.41) is 0. The van der Waals surface area contributed by atoms with Crippen LogP contribution in [0.25, 0.3) is 0 Å². The molecule has 2 rings (SSSR count). The second kappa shape index (κ2) is 6.15. The molecule has 0 spiro atoms. The summed E-state index contributed by atoms with van der Waals surface area (Å²) in [6, 6.07) is 8.69. The summed E-state index contributed by atoms with van der Waals surface area (Å²) in [6.07, 6.45) is 1.31. The molecule has 2 N–H and O–H groups in total. The summed E-state index contributed by atoms with van der Waals surface area (Å²) < 4.78 is 5.62. The molecule has 3 heteroatoms. The van der Waals surface area contributed by atoms with Crippen molar-refractivity contribution in [3.05, 3.63) is 35.4 Å². The Bertz CT molecular complexity index is 354. The van der Waals surface area contributed by atoms with Gasteiger partial charge in [-0.05, 0) is 24.5 Å². The van der Waals surface area contributed by atoms with E-state index in [9.17, 15) is 0 Å². The number of fused-ring (bicyclic) bond motifs is 1. The van der Waals surface area contributed by atoms with Crippen LogP contribution in [0.2, 0.25) is 0 Å². The van der Waals surface area contributed by atoms with E-state index < -0.39 is 0 Å². The third-order valence-corrected chi connectivity index (χ3v) is 3.34. The van der Waals surface area contributed by atoms with Gasteiger partial charge in [0.1, 0.15) is 0 Å². The van der Waals surface area contributed by atoms with E-state index in [0.29, 0.717) is 6.54 Å². The largest absolute Gasteiger partial charge is 0.376 e. The Hall–Kier alpha value is -0.900. The number of nitrogens with zero attached hydrogens (tertiary/aromatic N) is 1. The highest BCUT2D eigenvalue weighted by atomic mass is 16.5. The molecule has 1 unspecified atom stereocenters. The van der Waals surface area contributed by atoms with Gasteiger partial charge < -0.3 is 10.5 Å². The van der Waals surface area contributed by atoms with Crippen LogP contribution in [-0.2, 0) is 17.7 Å². The molecule has 0 saturated carbocycles. The van der Waals surface area contributed by atoms with Gasteiger partial charge in [-0.2, -0.15) is 0 Å². The van der Waals surface area contributed by atoms with E-state index in [0.717, 1.165) is 32.7 Å². The van der Waals surface area contributed by atoms with Gasteiger partial charge in [0.2, 0.25) is 0 Å².